The van der Waals surface area contributed by atoms with Crippen molar-refractivity contribution in [2.24, 2.45) is 11.8 Å². The van der Waals surface area contributed by atoms with Crippen LogP contribution in [-0.4, -0.2) is 104 Å². The number of amides is 3. The van der Waals surface area contributed by atoms with Gasteiger partial charge in [0.25, 0.3) is 5.91 Å². The Bertz CT molecular complexity index is 1660. The molecule has 7 atom stereocenters. The molecule has 0 radical (unpaired) electrons. The van der Waals surface area contributed by atoms with Gasteiger partial charge in [0.15, 0.2) is 0 Å². The summed E-state index contributed by atoms with van der Waals surface area (Å²) < 4.78 is 18.7. The van der Waals surface area contributed by atoms with Crippen LogP contribution >= 0.6 is 0 Å². The van der Waals surface area contributed by atoms with Crippen molar-refractivity contribution in [3.63, 3.8) is 0 Å². The number of likely N-dealkylation sites (tertiary alicyclic amines) is 1. The minimum atomic E-state index is -1.46. The van der Waals surface area contributed by atoms with E-state index in [1.807, 2.05) is 66.7 Å². The zero-order chi connectivity index (χ0) is 37.5. The Morgan fingerprint density at radius 1 is 0.962 bits per heavy atom. The molecule has 0 unspecified atom stereocenters. The molecule has 4 heterocycles. The molecule has 0 aliphatic carbocycles. The Kier molecular flexibility index (Phi) is 12.3. The van der Waals surface area contributed by atoms with Crippen LogP contribution in [0.5, 0.6) is 0 Å². The van der Waals surface area contributed by atoms with Gasteiger partial charge in [0.1, 0.15) is 23.7 Å². The van der Waals surface area contributed by atoms with E-state index in [2.05, 4.69) is 24.1 Å². The lowest BCUT2D eigenvalue weighted by Gasteiger charge is -2.35. The molecular formula is C41H52N4O8. The van der Waals surface area contributed by atoms with Gasteiger partial charge in [-0.05, 0) is 69.4 Å². The summed E-state index contributed by atoms with van der Waals surface area (Å²) in [6, 6.07) is 15.3. The first-order chi connectivity index (χ1) is 25.8. The van der Waals surface area contributed by atoms with Crippen molar-refractivity contribution in [3.05, 3.63) is 84.5 Å². The van der Waals surface area contributed by atoms with E-state index in [1.54, 1.807) is 22.0 Å². The number of anilines is 2. The number of carbonyl (C=O) groups excluding carboxylic acids is 4. The predicted molar refractivity (Wildman–Crippen MR) is 200 cm³/mol. The minimum absolute atomic E-state index is 0.0288. The molecule has 12 nitrogen and oxygen atoms in total. The van der Waals surface area contributed by atoms with E-state index in [0.29, 0.717) is 36.9 Å². The number of esters is 1. The zero-order valence-corrected chi connectivity index (χ0v) is 30.9. The van der Waals surface area contributed by atoms with Gasteiger partial charge in [0, 0.05) is 57.7 Å². The van der Waals surface area contributed by atoms with E-state index in [4.69, 9.17) is 14.2 Å². The van der Waals surface area contributed by atoms with E-state index in [0.717, 1.165) is 18.8 Å². The fourth-order valence-electron chi connectivity index (χ4n) is 8.36. The van der Waals surface area contributed by atoms with Gasteiger partial charge >= 0.3 is 5.97 Å². The molecule has 2 fully saturated rings. The SMILES string of the molecule is CCN(CC)c1ccc(N2CC=C[C@]34O[C@@H]5/C=C\CCC(=O)N[C@H](COC)[C@@H](c6ccccc6)OC(=O)[C@@H]5[C@H]3C(=O)N(CCCCCO)[C@@H]4C2=O)cc1. The van der Waals surface area contributed by atoms with Gasteiger partial charge in [-0.1, -0.05) is 54.6 Å². The van der Waals surface area contributed by atoms with E-state index < -0.39 is 47.7 Å². The van der Waals surface area contributed by atoms with Crippen molar-refractivity contribution in [2.45, 2.75) is 75.8 Å². The molecule has 6 rings (SSSR count). The Balaban J connectivity index is 1.40. The van der Waals surface area contributed by atoms with Crippen molar-refractivity contribution < 1.29 is 38.5 Å². The molecule has 4 aliphatic heterocycles. The molecule has 1 spiro atoms. The Hall–Kier alpha value is -4.52. The van der Waals surface area contributed by atoms with Crippen LogP contribution in [0.2, 0.25) is 0 Å². The highest BCUT2D eigenvalue weighted by molar-refractivity contribution is 6.05. The highest BCUT2D eigenvalue weighted by atomic mass is 16.6. The summed E-state index contributed by atoms with van der Waals surface area (Å²) >= 11 is 0. The van der Waals surface area contributed by atoms with Gasteiger partial charge in [-0.15, -0.1) is 0 Å². The summed E-state index contributed by atoms with van der Waals surface area (Å²) in [4.78, 5) is 62.9. The molecule has 2 saturated heterocycles. The summed E-state index contributed by atoms with van der Waals surface area (Å²) in [5, 5.41) is 12.4. The molecule has 0 aromatic heterocycles. The molecule has 2 aromatic carbocycles. The van der Waals surface area contributed by atoms with Crippen LogP contribution in [0.4, 0.5) is 11.4 Å². The Morgan fingerprint density at radius 2 is 1.72 bits per heavy atom. The van der Waals surface area contributed by atoms with Crippen molar-refractivity contribution >= 4 is 35.1 Å². The molecule has 4 aliphatic rings. The molecule has 284 valence electrons. The number of benzene rings is 2. The lowest BCUT2D eigenvalue weighted by molar-refractivity contribution is -0.162. The van der Waals surface area contributed by atoms with Crippen LogP contribution in [0, 0.1) is 11.8 Å². The third-order valence-electron chi connectivity index (χ3n) is 10.9. The molecule has 0 saturated carbocycles. The lowest BCUT2D eigenvalue weighted by Crippen LogP contribution is -2.55. The molecule has 3 amide bonds. The number of nitrogens with one attached hydrogen (secondary N) is 1. The average Bonchev–Trinajstić information content (AvgIpc) is 3.55. The normalized spacial score (nSPS) is 29.3. The number of fused-ring (bicyclic) bond motifs is 2. The van der Waals surface area contributed by atoms with Crippen LogP contribution in [-0.2, 0) is 33.4 Å². The highest BCUT2D eigenvalue weighted by Crippen LogP contribution is 2.53. The first-order valence-electron chi connectivity index (χ1n) is 18.9. The van der Waals surface area contributed by atoms with Gasteiger partial charge in [0.2, 0.25) is 11.8 Å². The summed E-state index contributed by atoms with van der Waals surface area (Å²) in [5.41, 5.74) is 0.948. The van der Waals surface area contributed by atoms with Crippen molar-refractivity contribution in [3.8, 4) is 0 Å². The third-order valence-corrected chi connectivity index (χ3v) is 10.9. The van der Waals surface area contributed by atoms with Crippen LogP contribution in [0.25, 0.3) is 0 Å². The van der Waals surface area contributed by atoms with Gasteiger partial charge in [0.05, 0.1) is 24.7 Å². The molecular weight excluding hydrogens is 676 g/mol. The van der Waals surface area contributed by atoms with E-state index in [1.165, 1.54) is 7.11 Å². The predicted octanol–water partition coefficient (Wildman–Crippen LogP) is 3.94. The smallest absolute Gasteiger partial charge is 0.313 e. The fraction of sp³-hybridized carbons (Fsp3) is 0.512. The van der Waals surface area contributed by atoms with E-state index in [-0.39, 0.29) is 50.4 Å². The van der Waals surface area contributed by atoms with Gasteiger partial charge in [-0.2, -0.15) is 0 Å². The largest absolute Gasteiger partial charge is 0.455 e. The quantitative estimate of drug-likeness (QED) is 0.189. The summed E-state index contributed by atoms with van der Waals surface area (Å²) in [5.74, 6) is -3.65. The topological polar surface area (TPSA) is 138 Å². The van der Waals surface area contributed by atoms with Crippen molar-refractivity contribution in [1.29, 1.82) is 0 Å². The van der Waals surface area contributed by atoms with Crippen LogP contribution in [0.15, 0.2) is 78.9 Å². The maximum Gasteiger partial charge on any atom is 0.313 e. The number of allylic oxidation sites excluding steroid dienone is 1. The second kappa shape index (κ2) is 17.1. The number of carbonyl (C=O) groups is 4. The summed E-state index contributed by atoms with van der Waals surface area (Å²) in [6.07, 6.45) is 7.74. The zero-order valence-electron chi connectivity index (χ0n) is 30.9. The monoisotopic (exact) mass is 728 g/mol. The molecule has 2 aromatic rings. The van der Waals surface area contributed by atoms with Gasteiger partial charge in [-0.25, -0.2) is 0 Å². The summed E-state index contributed by atoms with van der Waals surface area (Å²) in [7, 11) is 1.52. The lowest BCUT2D eigenvalue weighted by atomic mass is 9.77. The first kappa shape index (κ1) is 38.2. The number of nitrogens with zero attached hydrogens (tertiary/aromatic N) is 3. The Morgan fingerprint density at radius 3 is 2.42 bits per heavy atom. The number of hydrogen-bond acceptors (Lipinski definition) is 9. The van der Waals surface area contributed by atoms with Crippen molar-refractivity contribution in [2.75, 3.05) is 56.3 Å². The fourth-order valence-corrected chi connectivity index (χ4v) is 8.36. The van der Waals surface area contributed by atoms with Gasteiger partial charge in [-0.3, -0.25) is 19.2 Å². The molecule has 53 heavy (non-hydrogen) atoms. The number of unbranched alkanes of at least 4 members (excludes halogenated alkanes) is 2. The first-order valence-corrected chi connectivity index (χ1v) is 18.9. The highest BCUT2D eigenvalue weighted by Gasteiger charge is 2.71. The second-order valence-electron chi connectivity index (χ2n) is 14.1. The molecule has 0 bridgehead atoms. The van der Waals surface area contributed by atoms with Crippen LogP contribution in [0.1, 0.15) is 57.6 Å². The molecule has 12 heteroatoms. The van der Waals surface area contributed by atoms with Crippen LogP contribution in [0.3, 0.4) is 0 Å². The average molecular weight is 729 g/mol. The van der Waals surface area contributed by atoms with E-state index >= 15 is 0 Å². The van der Waals surface area contributed by atoms with Crippen LogP contribution < -0.4 is 15.1 Å². The molecule has 2 N–H and O–H groups in total. The maximum absolute atomic E-state index is 14.9. The number of rotatable bonds is 12. The van der Waals surface area contributed by atoms with Crippen molar-refractivity contribution in [1.82, 2.24) is 10.2 Å². The number of aliphatic hydroxyl groups is 1. The Labute approximate surface area is 311 Å². The maximum atomic E-state index is 14.9. The standard InChI is InChI=1S/C41H52N4O8/c1-4-43(5-2)29-19-21-30(22-20-29)44-25-14-23-41-35(38(48)45(37(41)39(44)49)24-12-7-13-26-46)34-32(53-41)17-10-11-18-33(47)42-31(27-51-3)36(52-40(34)50)28-15-8-6-9-16-28/h6,8-10,14-17,19-23,31-32,34-37,46H,4-5,7,11-13,18,24-27H2,1-3H3,(H,42,47)/b17-10-/t31-,32-,34+,35+,36-,37-,41+/m1/s1. The minimum Gasteiger partial charge on any atom is -0.455 e. The van der Waals surface area contributed by atoms with E-state index in [9.17, 15) is 24.3 Å². The number of ether oxygens (including phenoxy) is 3. The summed E-state index contributed by atoms with van der Waals surface area (Å²) in [6.45, 7) is 6.52. The third kappa shape index (κ3) is 7.63. The number of hydrogen-bond donors (Lipinski definition) is 2. The second-order valence-corrected chi connectivity index (χ2v) is 14.1. The van der Waals surface area contributed by atoms with Gasteiger partial charge < -0.3 is 39.3 Å². The number of methoxy groups -OCH3 is 1. The number of aliphatic hydroxyl groups excluding tert-OH is 1. The number of cyclic esters (lactones) is 1.